The second-order valence-corrected chi connectivity index (χ2v) is 4.95. The first-order valence-corrected chi connectivity index (χ1v) is 7.04. The molecule has 0 aliphatic rings. The zero-order chi connectivity index (χ0) is 20.0. The molecular weight excluding hydrogens is 354 g/mol. The molecule has 26 heavy (non-hydrogen) atoms. The largest absolute Gasteiger partial charge is 0.480 e. The van der Waals surface area contributed by atoms with Crippen LogP contribution in [-0.4, -0.2) is 51.9 Å². The minimum atomic E-state index is -1.54. The molecule has 0 heterocycles. The molecule has 140 valence electrons. The van der Waals surface area contributed by atoms with Gasteiger partial charge in [0.2, 0.25) is 11.8 Å². The third-order valence-corrected chi connectivity index (χ3v) is 3.26. The number of nitrogens with zero attached hydrogens (tertiary/aromatic N) is 3. The highest BCUT2D eigenvalue weighted by Crippen LogP contribution is 2.33. The van der Waals surface area contributed by atoms with Gasteiger partial charge in [-0.05, 0) is 13.0 Å². The summed E-state index contributed by atoms with van der Waals surface area (Å²) in [5.41, 5.74) is 3.19. The lowest BCUT2D eigenvalue weighted by atomic mass is 10.1. The first-order valence-electron chi connectivity index (χ1n) is 7.04. The number of nitrogens with one attached hydrogen (secondary N) is 1. The van der Waals surface area contributed by atoms with E-state index in [1.54, 1.807) is 0 Å². The molecule has 0 saturated carbocycles. The molecule has 1 aromatic rings. The first kappa shape index (κ1) is 20.4. The third kappa shape index (κ3) is 4.70. The van der Waals surface area contributed by atoms with Crippen molar-refractivity contribution in [3.05, 3.63) is 38.4 Å². The Labute approximate surface area is 145 Å². The van der Waals surface area contributed by atoms with Crippen LogP contribution in [0, 0.1) is 20.2 Å². The lowest BCUT2D eigenvalue weighted by Gasteiger charge is -2.26. The molecule has 0 aliphatic carbocycles. The van der Waals surface area contributed by atoms with Gasteiger partial charge in [-0.3, -0.25) is 34.7 Å². The predicted octanol–water partition coefficient (Wildman–Crippen LogP) is -0.616. The zero-order valence-corrected chi connectivity index (χ0v) is 13.4. The van der Waals surface area contributed by atoms with E-state index in [9.17, 15) is 39.7 Å². The molecular formula is C13H15N5O8. The molecule has 0 bridgehead atoms. The number of non-ortho nitro benzene ring substituents is 1. The minimum Gasteiger partial charge on any atom is -0.480 e. The Hall–Kier alpha value is -3.61. The Kier molecular flexibility index (Phi) is 6.66. The number of carboxylic acids is 1. The summed E-state index contributed by atoms with van der Waals surface area (Å²) in [7, 11) is 0. The SMILES string of the molecule is C[C@@H](C(=O)O)N(C(=O)CNC(=O)CN)c1ccc([N+](=O)[O-])cc1[N+](=O)[O-]. The molecule has 13 nitrogen and oxygen atoms in total. The van der Waals surface area contributed by atoms with E-state index >= 15 is 0 Å². The fourth-order valence-electron chi connectivity index (χ4n) is 1.98. The van der Waals surface area contributed by atoms with Crippen molar-refractivity contribution in [3.63, 3.8) is 0 Å². The van der Waals surface area contributed by atoms with Gasteiger partial charge in [0.25, 0.3) is 11.4 Å². The fraction of sp³-hybridized carbons (Fsp3) is 0.308. The zero-order valence-electron chi connectivity index (χ0n) is 13.4. The second-order valence-electron chi connectivity index (χ2n) is 4.95. The van der Waals surface area contributed by atoms with Crippen LogP contribution in [-0.2, 0) is 14.4 Å². The lowest BCUT2D eigenvalue weighted by Crippen LogP contribution is -2.48. The van der Waals surface area contributed by atoms with Gasteiger partial charge in [-0.15, -0.1) is 0 Å². The average molecular weight is 369 g/mol. The maximum atomic E-state index is 12.4. The number of nitro benzene ring substituents is 2. The van der Waals surface area contributed by atoms with Crippen LogP contribution in [0.4, 0.5) is 17.1 Å². The van der Waals surface area contributed by atoms with E-state index in [4.69, 9.17) is 5.73 Å². The van der Waals surface area contributed by atoms with Crippen LogP contribution >= 0.6 is 0 Å². The monoisotopic (exact) mass is 369 g/mol. The van der Waals surface area contributed by atoms with Gasteiger partial charge in [0.05, 0.1) is 29.0 Å². The number of hydrogen-bond acceptors (Lipinski definition) is 8. The number of hydrogen-bond donors (Lipinski definition) is 3. The number of carboxylic acid groups (broad SMARTS) is 1. The van der Waals surface area contributed by atoms with Gasteiger partial charge < -0.3 is 16.2 Å². The van der Waals surface area contributed by atoms with E-state index in [1.165, 1.54) is 0 Å². The van der Waals surface area contributed by atoms with Gasteiger partial charge in [0.15, 0.2) is 0 Å². The van der Waals surface area contributed by atoms with Gasteiger partial charge >= 0.3 is 5.97 Å². The summed E-state index contributed by atoms with van der Waals surface area (Å²) in [6, 6.07) is 0.869. The van der Waals surface area contributed by atoms with Crippen LogP contribution in [0.15, 0.2) is 18.2 Å². The van der Waals surface area contributed by atoms with Gasteiger partial charge in [-0.25, -0.2) is 4.79 Å². The molecule has 1 aromatic carbocycles. The Morgan fingerprint density at radius 1 is 1.27 bits per heavy atom. The molecule has 0 unspecified atom stereocenters. The van der Waals surface area contributed by atoms with Gasteiger partial charge in [0, 0.05) is 6.07 Å². The molecule has 1 rings (SSSR count). The van der Waals surface area contributed by atoms with E-state index in [1.807, 2.05) is 0 Å². The van der Waals surface area contributed by atoms with Crippen molar-refractivity contribution in [2.24, 2.45) is 5.73 Å². The highest BCUT2D eigenvalue weighted by atomic mass is 16.6. The number of anilines is 1. The molecule has 0 spiro atoms. The van der Waals surface area contributed by atoms with Crippen molar-refractivity contribution < 1.29 is 29.3 Å². The van der Waals surface area contributed by atoms with Crippen molar-refractivity contribution in [1.82, 2.24) is 5.32 Å². The lowest BCUT2D eigenvalue weighted by molar-refractivity contribution is -0.393. The van der Waals surface area contributed by atoms with Gasteiger partial charge in [0.1, 0.15) is 11.7 Å². The van der Waals surface area contributed by atoms with Crippen molar-refractivity contribution in [3.8, 4) is 0 Å². The standard InChI is InChI=1S/C13H15N5O8/c1-7(13(21)22)16(12(20)6-15-11(19)5-14)9-3-2-8(17(23)24)4-10(9)18(25)26/h2-4,7H,5-6,14H2,1H3,(H,15,19)(H,21,22)/t7-/m0/s1. The molecule has 4 N–H and O–H groups in total. The number of nitrogens with two attached hydrogens (primary N) is 1. The molecule has 0 aliphatic heterocycles. The number of carbonyl (C=O) groups excluding carboxylic acids is 2. The molecule has 2 amide bonds. The van der Waals surface area contributed by atoms with Crippen LogP contribution < -0.4 is 16.0 Å². The van der Waals surface area contributed by atoms with Crippen LogP contribution in [0.1, 0.15) is 6.92 Å². The Balaban J connectivity index is 3.40. The summed E-state index contributed by atoms with van der Waals surface area (Å²) in [5.74, 6) is -3.14. The Morgan fingerprint density at radius 2 is 1.88 bits per heavy atom. The van der Waals surface area contributed by atoms with Gasteiger partial charge in [-0.1, -0.05) is 0 Å². The predicted molar refractivity (Wildman–Crippen MR) is 86.4 cm³/mol. The van der Waals surface area contributed by atoms with Crippen molar-refractivity contribution in [2.75, 3.05) is 18.0 Å². The minimum absolute atomic E-state index is 0.417. The number of rotatable bonds is 8. The van der Waals surface area contributed by atoms with E-state index in [-0.39, 0.29) is 0 Å². The Morgan fingerprint density at radius 3 is 2.35 bits per heavy atom. The number of nitro groups is 2. The number of benzene rings is 1. The number of aliphatic carboxylic acids is 1. The van der Waals surface area contributed by atoms with Crippen molar-refractivity contribution in [1.29, 1.82) is 0 Å². The molecule has 13 heteroatoms. The summed E-state index contributed by atoms with van der Waals surface area (Å²) in [5, 5.41) is 33.3. The topological polar surface area (TPSA) is 199 Å². The van der Waals surface area contributed by atoms with E-state index in [2.05, 4.69) is 5.32 Å². The highest BCUT2D eigenvalue weighted by molar-refractivity contribution is 6.03. The van der Waals surface area contributed by atoms with Crippen LogP contribution in [0.5, 0.6) is 0 Å². The Bertz CT molecular complexity index is 765. The fourth-order valence-corrected chi connectivity index (χ4v) is 1.98. The summed E-state index contributed by atoms with van der Waals surface area (Å²) in [4.78, 5) is 55.6. The summed E-state index contributed by atoms with van der Waals surface area (Å²) < 4.78 is 0. The summed E-state index contributed by atoms with van der Waals surface area (Å²) in [6.45, 7) is 0.0113. The molecule has 0 radical (unpaired) electrons. The molecule has 1 atom stereocenters. The van der Waals surface area contributed by atoms with E-state index < -0.39 is 63.8 Å². The molecule has 0 aromatic heterocycles. The maximum absolute atomic E-state index is 12.4. The normalized spacial score (nSPS) is 11.3. The number of amides is 2. The molecule has 0 fully saturated rings. The maximum Gasteiger partial charge on any atom is 0.326 e. The average Bonchev–Trinajstić information content (AvgIpc) is 2.59. The van der Waals surface area contributed by atoms with Crippen LogP contribution in [0.2, 0.25) is 0 Å². The summed E-state index contributed by atoms with van der Waals surface area (Å²) in [6.07, 6.45) is 0. The third-order valence-electron chi connectivity index (χ3n) is 3.26. The van der Waals surface area contributed by atoms with E-state index in [0.29, 0.717) is 11.0 Å². The highest BCUT2D eigenvalue weighted by Gasteiger charge is 2.33. The molecule has 0 saturated heterocycles. The second kappa shape index (κ2) is 8.48. The summed E-state index contributed by atoms with van der Waals surface area (Å²) >= 11 is 0. The van der Waals surface area contributed by atoms with Crippen LogP contribution in [0.3, 0.4) is 0 Å². The van der Waals surface area contributed by atoms with Crippen LogP contribution in [0.25, 0.3) is 0 Å². The van der Waals surface area contributed by atoms with Crippen molar-refractivity contribution >= 4 is 34.8 Å². The quantitative estimate of drug-likeness (QED) is 0.394. The number of carbonyl (C=O) groups is 3. The van der Waals surface area contributed by atoms with Crippen molar-refractivity contribution in [2.45, 2.75) is 13.0 Å². The smallest absolute Gasteiger partial charge is 0.326 e. The first-order chi connectivity index (χ1) is 12.1. The van der Waals surface area contributed by atoms with E-state index in [0.717, 1.165) is 19.1 Å². The van der Waals surface area contributed by atoms with Gasteiger partial charge in [-0.2, -0.15) is 0 Å².